The zero-order chi connectivity index (χ0) is 20.6. The van der Waals surface area contributed by atoms with E-state index in [9.17, 15) is 14.0 Å². The SMILES string of the molecule is CC(=O)Nc1cc(CCC2CCN(C(=O)CCc3ccc(F)cc3)CC2)ccn1. The van der Waals surface area contributed by atoms with Gasteiger partial charge in [0.15, 0.2) is 0 Å². The van der Waals surface area contributed by atoms with Gasteiger partial charge in [-0.25, -0.2) is 9.37 Å². The molecule has 2 amide bonds. The monoisotopic (exact) mass is 397 g/mol. The molecule has 1 fully saturated rings. The van der Waals surface area contributed by atoms with Gasteiger partial charge in [-0.05, 0) is 73.4 Å². The molecule has 1 aliphatic heterocycles. The van der Waals surface area contributed by atoms with Crippen LogP contribution in [0.25, 0.3) is 0 Å². The lowest BCUT2D eigenvalue weighted by Gasteiger charge is -2.32. The predicted octanol–water partition coefficient (Wildman–Crippen LogP) is 3.98. The van der Waals surface area contributed by atoms with Crippen LogP contribution in [0.15, 0.2) is 42.6 Å². The summed E-state index contributed by atoms with van der Waals surface area (Å²) in [6, 6.07) is 10.3. The summed E-state index contributed by atoms with van der Waals surface area (Å²) in [6.07, 6.45) is 6.90. The number of piperidine rings is 1. The van der Waals surface area contributed by atoms with Gasteiger partial charge in [-0.15, -0.1) is 0 Å². The third kappa shape index (κ3) is 6.66. The van der Waals surface area contributed by atoms with Crippen molar-refractivity contribution < 1.29 is 14.0 Å². The minimum absolute atomic E-state index is 0.119. The average molecular weight is 397 g/mol. The molecular weight excluding hydrogens is 369 g/mol. The number of nitrogens with one attached hydrogen (secondary N) is 1. The second kappa shape index (κ2) is 10.1. The van der Waals surface area contributed by atoms with Crippen LogP contribution >= 0.6 is 0 Å². The molecule has 1 aromatic carbocycles. The number of hydrogen-bond donors (Lipinski definition) is 1. The van der Waals surface area contributed by atoms with Crippen molar-refractivity contribution >= 4 is 17.6 Å². The average Bonchev–Trinajstić information content (AvgIpc) is 2.72. The first-order valence-corrected chi connectivity index (χ1v) is 10.2. The van der Waals surface area contributed by atoms with Gasteiger partial charge in [0.25, 0.3) is 0 Å². The molecule has 0 spiro atoms. The summed E-state index contributed by atoms with van der Waals surface area (Å²) < 4.78 is 13.0. The molecule has 3 rings (SSSR count). The summed E-state index contributed by atoms with van der Waals surface area (Å²) in [5.41, 5.74) is 2.16. The van der Waals surface area contributed by atoms with Crippen LogP contribution in [0, 0.1) is 11.7 Å². The standard InChI is InChI=1S/C23H28FN3O2/c1-17(28)26-22-16-20(10-13-25-22)3-2-19-11-14-27(15-12-19)23(29)9-6-18-4-7-21(24)8-5-18/h4-5,7-8,10,13,16,19H,2-3,6,9,11-12,14-15H2,1H3,(H,25,26,28). The number of benzene rings is 1. The van der Waals surface area contributed by atoms with Crippen molar-refractivity contribution in [1.29, 1.82) is 0 Å². The lowest BCUT2D eigenvalue weighted by Crippen LogP contribution is -2.38. The molecule has 0 saturated carbocycles. The van der Waals surface area contributed by atoms with Gasteiger partial charge in [0.05, 0.1) is 0 Å². The van der Waals surface area contributed by atoms with Gasteiger partial charge in [0, 0.05) is 32.6 Å². The van der Waals surface area contributed by atoms with Crippen molar-refractivity contribution in [2.24, 2.45) is 5.92 Å². The van der Waals surface area contributed by atoms with Crippen LogP contribution in [0.2, 0.25) is 0 Å². The highest BCUT2D eigenvalue weighted by Gasteiger charge is 2.22. The van der Waals surface area contributed by atoms with Crippen molar-refractivity contribution in [1.82, 2.24) is 9.88 Å². The van der Waals surface area contributed by atoms with Gasteiger partial charge in [-0.1, -0.05) is 12.1 Å². The number of nitrogens with zero attached hydrogens (tertiary/aromatic N) is 2. The van der Waals surface area contributed by atoms with E-state index in [-0.39, 0.29) is 17.6 Å². The Kier molecular flexibility index (Phi) is 7.33. The molecule has 0 bridgehead atoms. The minimum Gasteiger partial charge on any atom is -0.343 e. The molecule has 154 valence electrons. The van der Waals surface area contributed by atoms with E-state index < -0.39 is 0 Å². The van der Waals surface area contributed by atoms with Crippen LogP contribution < -0.4 is 5.32 Å². The van der Waals surface area contributed by atoms with Crippen molar-refractivity contribution in [2.75, 3.05) is 18.4 Å². The number of likely N-dealkylation sites (tertiary alicyclic amines) is 1. The van der Waals surface area contributed by atoms with E-state index in [4.69, 9.17) is 0 Å². The third-order valence-electron chi connectivity index (χ3n) is 5.48. The molecule has 0 radical (unpaired) electrons. The van der Waals surface area contributed by atoms with Crippen molar-refractivity contribution in [2.45, 2.75) is 45.4 Å². The van der Waals surface area contributed by atoms with Crippen molar-refractivity contribution in [3.05, 3.63) is 59.5 Å². The number of halogens is 1. The quantitative estimate of drug-likeness (QED) is 0.769. The highest BCUT2D eigenvalue weighted by atomic mass is 19.1. The highest BCUT2D eigenvalue weighted by molar-refractivity contribution is 5.87. The largest absolute Gasteiger partial charge is 0.343 e. The van der Waals surface area contributed by atoms with E-state index in [0.29, 0.717) is 24.6 Å². The molecule has 0 unspecified atom stereocenters. The van der Waals surface area contributed by atoms with Crippen molar-refractivity contribution in [3.63, 3.8) is 0 Å². The number of pyridine rings is 1. The molecule has 1 aliphatic rings. The second-order valence-corrected chi connectivity index (χ2v) is 7.72. The molecule has 1 aromatic heterocycles. The van der Waals surface area contributed by atoms with E-state index in [2.05, 4.69) is 10.3 Å². The van der Waals surface area contributed by atoms with Crippen LogP contribution in [-0.2, 0) is 22.4 Å². The summed E-state index contributed by atoms with van der Waals surface area (Å²) in [4.78, 5) is 29.7. The normalized spacial score (nSPS) is 14.6. The second-order valence-electron chi connectivity index (χ2n) is 7.72. The first-order chi connectivity index (χ1) is 14.0. The number of carbonyl (C=O) groups is 2. The molecule has 0 atom stereocenters. The van der Waals surface area contributed by atoms with Crippen LogP contribution in [0.1, 0.15) is 43.7 Å². The summed E-state index contributed by atoms with van der Waals surface area (Å²) in [7, 11) is 0. The summed E-state index contributed by atoms with van der Waals surface area (Å²) >= 11 is 0. The number of aryl methyl sites for hydroxylation is 2. The Hall–Kier alpha value is -2.76. The Balaban J connectivity index is 1.39. The fourth-order valence-corrected chi connectivity index (χ4v) is 3.78. The number of rotatable bonds is 7. The number of hydrogen-bond acceptors (Lipinski definition) is 3. The van der Waals surface area contributed by atoms with Gasteiger partial charge in [-0.2, -0.15) is 0 Å². The highest BCUT2D eigenvalue weighted by Crippen LogP contribution is 2.23. The molecule has 2 aromatic rings. The van der Waals surface area contributed by atoms with Gasteiger partial charge in [0.1, 0.15) is 11.6 Å². The van der Waals surface area contributed by atoms with E-state index in [1.54, 1.807) is 18.3 Å². The van der Waals surface area contributed by atoms with Gasteiger partial charge in [-0.3, -0.25) is 9.59 Å². The smallest absolute Gasteiger partial charge is 0.222 e. The molecule has 5 nitrogen and oxygen atoms in total. The van der Waals surface area contributed by atoms with Gasteiger partial charge < -0.3 is 10.2 Å². The topological polar surface area (TPSA) is 62.3 Å². The molecule has 1 N–H and O–H groups in total. The van der Waals surface area contributed by atoms with Crippen LogP contribution in [0.4, 0.5) is 10.2 Å². The maximum Gasteiger partial charge on any atom is 0.222 e. The Morgan fingerprint density at radius 3 is 2.52 bits per heavy atom. The molecular formula is C23H28FN3O2. The van der Waals surface area contributed by atoms with Crippen molar-refractivity contribution in [3.8, 4) is 0 Å². The Morgan fingerprint density at radius 1 is 1.10 bits per heavy atom. The maximum atomic E-state index is 13.0. The zero-order valence-corrected chi connectivity index (χ0v) is 16.9. The lowest BCUT2D eigenvalue weighted by atomic mass is 9.90. The van der Waals surface area contributed by atoms with Gasteiger partial charge >= 0.3 is 0 Å². The molecule has 1 saturated heterocycles. The number of anilines is 1. The van der Waals surface area contributed by atoms with Crippen LogP contribution in [0.3, 0.4) is 0 Å². The summed E-state index contributed by atoms with van der Waals surface area (Å²) in [6.45, 7) is 3.09. The molecule has 29 heavy (non-hydrogen) atoms. The first kappa shape index (κ1) is 21.0. The first-order valence-electron chi connectivity index (χ1n) is 10.2. The third-order valence-corrected chi connectivity index (χ3v) is 5.48. The Bertz CT molecular complexity index is 830. The molecule has 2 heterocycles. The molecule has 6 heteroatoms. The number of amides is 2. The predicted molar refractivity (Wildman–Crippen MR) is 111 cm³/mol. The molecule has 0 aliphatic carbocycles. The van der Waals surface area contributed by atoms with E-state index in [1.165, 1.54) is 24.6 Å². The van der Waals surface area contributed by atoms with E-state index in [1.807, 2.05) is 17.0 Å². The lowest BCUT2D eigenvalue weighted by molar-refractivity contribution is -0.132. The van der Waals surface area contributed by atoms with E-state index >= 15 is 0 Å². The number of carbonyl (C=O) groups excluding carboxylic acids is 2. The summed E-state index contributed by atoms with van der Waals surface area (Å²) in [5.74, 6) is 1.01. The van der Waals surface area contributed by atoms with Gasteiger partial charge in [0.2, 0.25) is 11.8 Å². The summed E-state index contributed by atoms with van der Waals surface area (Å²) in [5, 5.41) is 2.72. The van der Waals surface area contributed by atoms with E-state index in [0.717, 1.165) is 44.3 Å². The maximum absolute atomic E-state index is 13.0. The minimum atomic E-state index is -0.250. The zero-order valence-electron chi connectivity index (χ0n) is 16.9. The Morgan fingerprint density at radius 2 is 1.83 bits per heavy atom. The fraction of sp³-hybridized carbons (Fsp3) is 0.435. The fourth-order valence-electron chi connectivity index (χ4n) is 3.78. The van der Waals surface area contributed by atoms with Crippen LogP contribution in [-0.4, -0.2) is 34.8 Å². The van der Waals surface area contributed by atoms with Crippen LogP contribution in [0.5, 0.6) is 0 Å². The number of aromatic nitrogens is 1. The Labute approximate surface area is 171 Å².